The highest BCUT2D eigenvalue weighted by atomic mass is 32.2. The van der Waals surface area contributed by atoms with Crippen molar-refractivity contribution in [3.8, 4) is 0 Å². The largest absolute Gasteiger partial charge is 0.293 e. The summed E-state index contributed by atoms with van der Waals surface area (Å²) in [6.45, 7) is 16.1. The van der Waals surface area contributed by atoms with Gasteiger partial charge in [-0.2, -0.15) is 0 Å². The van der Waals surface area contributed by atoms with Crippen LogP contribution in [0.15, 0.2) is 42.5 Å². The smallest absolute Gasteiger partial charge is 0.213 e. The molecule has 152 valence electrons. The molecule has 2 aliphatic rings. The monoisotopic (exact) mass is 408 g/mol. The van der Waals surface area contributed by atoms with E-state index in [9.17, 15) is 8.42 Å². The topological polar surface area (TPSA) is 49.7 Å². The van der Waals surface area contributed by atoms with E-state index in [4.69, 9.17) is 0 Å². The normalized spacial score (nSPS) is 29.6. The molecule has 3 atom stereocenters. The lowest BCUT2D eigenvalue weighted by atomic mass is 9.62. The minimum atomic E-state index is -3.26. The number of allylic oxidation sites excluding steroid dienone is 3. The third-order valence-corrected chi connectivity index (χ3v) is 9.72. The molecule has 0 aromatic heterocycles. The zero-order valence-corrected chi connectivity index (χ0v) is 19.0. The molecule has 2 rings (SSSR count). The van der Waals surface area contributed by atoms with Gasteiger partial charge in [0.25, 0.3) is 0 Å². The summed E-state index contributed by atoms with van der Waals surface area (Å²) in [6, 6.07) is 0.804. The maximum Gasteiger partial charge on any atom is 0.213 e. The number of piperidine rings is 1. The van der Waals surface area contributed by atoms with Crippen LogP contribution in [0.5, 0.6) is 0 Å². The molecule has 0 amide bonds. The molecule has 0 N–H and O–H groups in total. The molecule has 0 saturated carbocycles. The molecule has 6 heteroatoms. The fourth-order valence-electron chi connectivity index (χ4n) is 4.31. The lowest BCUT2D eigenvalue weighted by Gasteiger charge is -2.50. The highest BCUT2D eigenvalue weighted by Gasteiger charge is 2.49. The first kappa shape index (κ1) is 22.3. The minimum Gasteiger partial charge on any atom is -0.293 e. The lowest BCUT2D eigenvalue weighted by Crippen LogP contribution is -2.56. The highest BCUT2D eigenvalue weighted by molar-refractivity contribution is 7.89. The Morgan fingerprint density at radius 2 is 1.93 bits per heavy atom. The Morgan fingerprint density at radius 3 is 2.56 bits per heavy atom. The molecule has 1 aliphatic heterocycles. The summed E-state index contributed by atoms with van der Waals surface area (Å²) < 4.78 is 28.1. The van der Waals surface area contributed by atoms with Gasteiger partial charge < -0.3 is 0 Å². The van der Waals surface area contributed by atoms with Crippen LogP contribution in [-0.4, -0.2) is 52.4 Å². The van der Waals surface area contributed by atoms with Gasteiger partial charge in [-0.1, -0.05) is 43.9 Å². The van der Waals surface area contributed by atoms with Gasteiger partial charge in [-0.05, 0) is 37.1 Å². The summed E-state index contributed by atoms with van der Waals surface area (Å²) in [5, 5.41) is 0. The second-order valence-electron chi connectivity index (χ2n) is 9.24. The minimum absolute atomic E-state index is 0.268. The van der Waals surface area contributed by atoms with Crippen molar-refractivity contribution in [3.05, 3.63) is 37.5 Å². The number of rotatable bonds is 9. The Bertz CT molecular complexity index is 693. The van der Waals surface area contributed by atoms with Gasteiger partial charge in [0.2, 0.25) is 10.0 Å². The number of nitrogens with zero attached hydrogens (tertiary/aromatic N) is 2. The molecule has 1 fully saturated rings. The first-order valence-electron chi connectivity index (χ1n) is 9.99. The van der Waals surface area contributed by atoms with E-state index in [0.717, 1.165) is 25.3 Å². The van der Waals surface area contributed by atoms with Gasteiger partial charge in [0, 0.05) is 32.8 Å². The Labute approximate surface area is 167 Å². The van der Waals surface area contributed by atoms with Gasteiger partial charge in [-0.25, -0.2) is 12.7 Å². The SMILES string of the molecule is C=CCN=C[C@@]1(CC=C)CN(S(=O)(=O)CC[Si](C)(C)C)C[C@H]2CC=CC[C@H]21. The lowest BCUT2D eigenvalue weighted by molar-refractivity contribution is 0.0730. The Kier molecular flexibility index (Phi) is 7.45. The highest BCUT2D eigenvalue weighted by Crippen LogP contribution is 2.47. The van der Waals surface area contributed by atoms with E-state index in [-0.39, 0.29) is 11.2 Å². The zero-order chi connectivity index (χ0) is 20.1. The van der Waals surface area contributed by atoms with Gasteiger partial charge in [0.15, 0.2) is 0 Å². The van der Waals surface area contributed by atoms with E-state index in [1.807, 2.05) is 12.3 Å². The predicted molar refractivity (Wildman–Crippen MR) is 120 cm³/mol. The van der Waals surface area contributed by atoms with E-state index in [1.54, 1.807) is 10.4 Å². The van der Waals surface area contributed by atoms with Crippen molar-refractivity contribution in [3.63, 3.8) is 0 Å². The van der Waals surface area contributed by atoms with E-state index in [2.05, 4.69) is 49.9 Å². The third kappa shape index (κ3) is 5.75. The Balaban J connectivity index is 2.34. The van der Waals surface area contributed by atoms with E-state index in [1.165, 1.54) is 0 Å². The van der Waals surface area contributed by atoms with Gasteiger partial charge in [0.05, 0.1) is 12.3 Å². The summed E-state index contributed by atoms with van der Waals surface area (Å²) in [5.74, 6) is 1.03. The van der Waals surface area contributed by atoms with E-state index in [0.29, 0.717) is 31.5 Å². The second-order valence-corrected chi connectivity index (χ2v) is 16.9. The molecule has 0 spiro atoms. The predicted octanol–water partition coefficient (Wildman–Crippen LogP) is 4.37. The van der Waals surface area contributed by atoms with Crippen LogP contribution in [0.1, 0.15) is 19.3 Å². The summed E-state index contributed by atoms with van der Waals surface area (Å²) >= 11 is 0. The van der Waals surface area contributed by atoms with Crippen molar-refractivity contribution < 1.29 is 8.42 Å². The molecular formula is C21H36N2O2SSi. The number of sulfonamides is 1. The number of fused-ring (bicyclic) bond motifs is 1. The molecule has 1 aliphatic carbocycles. The summed E-state index contributed by atoms with van der Waals surface area (Å²) in [5.41, 5.74) is -0.273. The standard InChI is InChI=1S/C21H36N2O2SSi/c1-6-12-21(17-22-13-7-2)18-23(16-19-10-8-9-11-20(19)21)26(24,25)14-15-27(3,4)5/h6-9,17,19-20H,1-2,10-16,18H2,3-5H3/t19-,20-,21+/m1/s1. The molecule has 1 heterocycles. The van der Waals surface area contributed by atoms with Gasteiger partial charge in [-0.3, -0.25) is 4.99 Å². The van der Waals surface area contributed by atoms with E-state index >= 15 is 0 Å². The summed E-state index contributed by atoms with van der Waals surface area (Å²) in [7, 11) is -4.67. The van der Waals surface area contributed by atoms with Crippen LogP contribution < -0.4 is 0 Å². The maximum absolute atomic E-state index is 13.2. The van der Waals surface area contributed by atoms with Crippen LogP contribution in [-0.2, 0) is 10.0 Å². The fraction of sp³-hybridized carbons (Fsp3) is 0.667. The van der Waals surface area contributed by atoms with Crippen LogP contribution in [0.4, 0.5) is 0 Å². The summed E-state index contributed by atoms with van der Waals surface area (Å²) in [4.78, 5) is 4.57. The Hall–Kier alpha value is -0.983. The van der Waals surface area contributed by atoms with Crippen LogP contribution in [0.2, 0.25) is 25.7 Å². The maximum atomic E-state index is 13.2. The molecule has 4 nitrogen and oxygen atoms in total. The molecule has 27 heavy (non-hydrogen) atoms. The summed E-state index contributed by atoms with van der Waals surface area (Å²) in [6.07, 6.45) is 12.9. The number of hydrogen-bond acceptors (Lipinski definition) is 3. The van der Waals surface area contributed by atoms with Crippen molar-refractivity contribution in [2.24, 2.45) is 22.2 Å². The van der Waals surface area contributed by atoms with Crippen molar-refractivity contribution in [2.45, 2.75) is 44.9 Å². The fourth-order valence-corrected chi connectivity index (χ4v) is 8.90. The third-order valence-electron chi connectivity index (χ3n) is 5.82. The zero-order valence-electron chi connectivity index (χ0n) is 17.2. The van der Waals surface area contributed by atoms with Crippen molar-refractivity contribution in [1.29, 1.82) is 0 Å². The first-order chi connectivity index (χ1) is 12.6. The van der Waals surface area contributed by atoms with Gasteiger partial charge >= 0.3 is 0 Å². The first-order valence-corrected chi connectivity index (χ1v) is 15.3. The molecule has 1 saturated heterocycles. The van der Waals surface area contributed by atoms with Crippen LogP contribution in [0, 0.1) is 17.3 Å². The molecule has 0 aromatic carbocycles. The quantitative estimate of drug-likeness (QED) is 0.323. The van der Waals surface area contributed by atoms with Gasteiger partial charge in [-0.15, -0.1) is 13.2 Å². The number of hydrogen-bond donors (Lipinski definition) is 0. The second kappa shape index (κ2) is 9.01. The molecule has 0 radical (unpaired) electrons. The van der Waals surface area contributed by atoms with Crippen molar-refractivity contribution >= 4 is 24.3 Å². The molecule has 0 unspecified atom stereocenters. The van der Waals surface area contributed by atoms with Crippen LogP contribution in [0.3, 0.4) is 0 Å². The van der Waals surface area contributed by atoms with Crippen LogP contribution >= 0.6 is 0 Å². The average molecular weight is 409 g/mol. The molecular weight excluding hydrogens is 372 g/mol. The Morgan fingerprint density at radius 1 is 1.22 bits per heavy atom. The van der Waals surface area contributed by atoms with Crippen molar-refractivity contribution in [2.75, 3.05) is 25.4 Å². The van der Waals surface area contributed by atoms with Crippen LogP contribution in [0.25, 0.3) is 0 Å². The van der Waals surface area contributed by atoms with Crippen molar-refractivity contribution in [1.82, 2.24) is 4.31 Å². The molecule has 0 bridgehead atoms. The van der Waals surface area contributed by atoms with Gasteiger partial charge in [0.1, 0.15) is 0 Å². The van der Waals surface area contributed by atoms with E-state index < -0.39 is 18.1 Å². The number of aliphatic imine (C=N–C) groups is 1. The molecule has 0 aromatic rings. The average Bonchev–Trinajstić information content (AvgIpc) is 2.60.